The van der Waals surface area contributed by atoms with Gasteiger partial charge in [0, 0.05) is 12.0 Å². The van der Waals surface area contributed by atoms with Crippen molar-refractivity contribution in [2.24, 2.45) is 0 Å². The highest BCUT2D eigenvalue weighted by molar-refractivity contribution is 7.15. The van der Waals surface area contributed by atoms with Gasteiger partial charge in [-0.25, -0.2) is 4.98 Å². The van der Waals surface area contributed by atoms with E-state index in [-0.39, 0.29) is 0 Å². The molecule has 0 aliphatic rings. The fraction of sp³-hybridized carbons (Fsp3) is 0.214. The summed E-state index contributed by atoms with van der Waals surface area (Å²) in [6, 6.07) is 10.1. The molecule has 0 aliphatic heterocycles. The zero-order chi connectivity index (χ0) is 13.2. The number of benzene rings is 1. The van der Waals surface area contributed by atoms with Crippen molar-refractivity contribution < 1.29 is 4.42 Å². The van der Waals surface area contributed by atoms with Crippen molar-refractivity contribution >= 4 is 11.3 Å². The smallest absolute Gasteiger partial charge is 0.260 e. The van der Waals surface area contributed by atoms with E-state index in [4.69, 9.17) is 4.42 Å². The molecule has 3 rings (SSSR count). The summed E-state index contributed by atoms with van der Waals surface area (Å²) in [7, 11) is 0. The standard InChI is InChI=1S/C14H13N3OS/c1-3-11-16-17-14(18-11)13-12(15-9(2)19-13)10-7-5-4-6-8-10/h4-8H,3H2,1-2H3. The molecule has 0 spiro atoms. The van der Waals surface area contributed by atoms with Gasteiger partial charge in [-0.2, -0.15) is 0 Å². The van der Waals surface area contributed by atoms with E-state index in [2.05, 4.69) is 15.2 Å². The zero-order valence-corrected chi connectivity index (χ0v) is 11.6. The van der Waals surface area contributed by atoms with E-state index < -0.39 is 0 Å². The Balaban J connectivity index is 2.12. The molecular weight excluding hydrogens is 258 g/mol. The first-order valence-corrected chi connectivity index (χ1v) is 6.95. The Morgan fingerprint density at radius 1 is 1.16 bits per heavy atom. The van der Waals surface area contributed by atoms with Gasteiger partial charge < -0.3 is 4.42 Å². The van der Waals surface area contributed by atoms with Crippen molar-refractivity contribution in [3.05, 3.63) is 41.2 Å². The summed E-state index contributed by atoms with van der Waals surface area (Å²) in [5.74, 6) is 1.21. The van der Waals surface area contributed by atoms with Gasteiger partial charge in [-0.15, -0.1) is 21.5 Å². The number of thiazole rings is 1. The Labute approximate surface area is 115 Å². The molecule has 19 heavy (non-hydrogen) atoms. The largest absolute Gasteiger partial charge is 0.420 e. The Kier molecular flexibility index (Phi) is 3.13. The topological polar surface area (TPSA) is 51.8 Å². The van der Waals surface area contributed by atoms with Crippen molar-refractivity contribution in [3.63, 3.8) is 0 Å². The predicted molar refractivity (Wildman–Crippen MR) is 75.0 cm³/mol. The summed E-state index contributed by atoms with van der Waals surface area (Å²) in [6.45, 7) is 3.98. The molecule has 0 saturated carbocycles. The number of hydrogen-bond donors (Lipinski definition) is 0. The molecule has 0 unspecified atom stereocenters. The highest BCUT2D eigenvalue weighted by atomic mass is 32.1. The number of aromatic nitrogens is 3. The number of hydrogen-bond acceptors (Lipinski definition) is 5. The lowest BCUT2D eigenvalue weighted by molar-refractivity contribution is 0.514. The number of rotatable bonds is 3. The van der Waals surface area contributed by atoms with Crippen LogP contribution in [0.1, 0.15) is 17.8 Å². The second kappa shape index (κ2) is 4.93. The van der Waals surface area contributed by atoms with E-state index in [1.165, 1.54) is 0 Å². The molecular formula is C14H13N3OS. The molecule has 0 radical (unpaired) electrons. The highest BCUT2D eigenvalue weighted by Crippen LogP contribution is 2.35. The molecule has 4 nitrogen and oxygen atoms in total. The zero-order valence-electron chi connectivity index (χ0n) is 10.8. The third kappa shape index (κ3) is 2.29. The van der Waals surface area contributed by atoms with Gasteiger partial charge in [-0.1, -0.05) is 37.3 Å². The second-order valence-corrected chi connectivity index (χ2v) is 5.33. The summed E-state index contributed by atoms with van der Waals surface area (Å²) < 4.78 is 5.64. The molecule has 0 atom stereocenters. The van der Waals surface area contributed by atoms with Crippen LogP contribution < -0.4 is 0 Å². The van der Waals surface area contributed by atoms with Crippen LogP contribution in [0.2, 0.25) is 0 Å². The van der Waals surface area contributed by atoms with Crippen molar-refractivity contribution in [1.82, 2.24) is 15.2 Å². The molecule has 0 N–H and O–H groups in total. The summed E-state index contributed by atoms with van der Waals surface area (Å²) in [6.07, 6.45) is 0.742. The first-order valence-electron chi connectivity index (χ1n) is 6.13. The summed E-state index contributed by atoms with van der Waals surface area (Å²) in [4.78, 5) is 5.52. The lowest BCUT2D eigenvalue weighted by atomic mass is 10.1. The minimum absolute atomic E-state index is 0.557. The van der Waals surface area contributed by atoms with E-state index in [1.807, 2.05) is 44.2 Å². The lowest BCUT2D eigenvalue weighted by Gasteiger charge is -1.98. The van der Waals surface area contributed by atoms with Crippen LogP contribution in [0.15, 0.2) is 34.7 Å². The predicted octanol–water partition coefficient (Wildman–Crippen LogP) is 3.73. The highest BCUT2D eigenvalue weighted by Gasteiger charge is 2.18. The maximum absolute atomic E-state index is 5.64. The monoisotopic (exact) mass is 271 g/mol. The van der Waals surface area contributed by atoms with Crippen LogP contribution in [-0.2, 0) is 6.42 Å². The lowest BCUT2D eigenvalue weighted by Crippen LogP contribution is -1.82. The Morgan fingerprint density at radius 2 is 1.95 bits per heavy atom. The third-order valence-electron chi connectivity index (χ3n) is 2.74. The molecule has 5 heteroatoms. The average Bonchev–Trinajstić information content (AvgIpc) is 3.05. The molecule has 2 aromatic heterocycles. The fourth-order valence-corrected chi connectivity index (χ4v) is 2.71. The Hall–Kier alpha value is -2.01. The minimum Gasteiger partial charge on any atom is -0.420 e. The van der Waals surface area contributed by atoms with Gasteiger partial charge in [-0.05, 0) is 6.92 Å². The van der Waals surface area contributed by atoms with Gasteiger partial charge in [0.1, 0.15) is 4.88 Å². The van der Waals surface area contributed by atoms with Gasteiger partial charge in [0.05, 0.1) is 10.7 Å². The van der Waals surface area contributed by atoms with Gasteiger partial charge in [-0.3, -0.25) is 0 Å². The molecule has 2 heterocycles. The van der Waals surface area contributed by atoms with Gasteiger partial charge in [0.15, 0.2) is 0 Å². The Bertz CT molecular complexity index is 688. The maximum atomic E-state index is 5.64. The third-order valence-corrected chi connectivity index (χ3v) is 3.70. The first-order chi connectivity index (χ1) is 9.28. The number of nitrogens with zero attached hydrogens (tertiary/aromatic N) is 3. The Morgan fingerprint density at radius 3 is 2.63 bits per heavy atom. The van der Waals surface area contributed by atoms with E-state index in [0.29, 0.717) is 11.8 Å². The van der Waals surface area contributed by atoms with E-state index in [1.54, 1.807) is 11.3 Å². The quantitative estimate of drug-likeness (QED) is 0.728. The summed E-state index contributed by atoms with van der Waals surface area (Å²) in [5, 5.41) is 9.12. The van der Waals surface area contributed by atoms with Crippen LogP contribution in [0.5, 0.6) is 0 Å². The van der Waals surface area contributed by atoms with Crippen LogP contribution in [0.3, 0.4) is 0 Å². The van der Waals surface area contributed by atoms with Crippen LogP contribution in [0.4, 0.5) is 0 Å². The molecule has 96 valence electrons. The molecule has 0 saturated heterocycles. The minimum atomic E-state index is 0.557. The van der Waals surface area contributed by atoms with Gasteiger partial charge in [0.25, 0.3) is 5.89 Å². The fourth-order valence-electron chi connectivity index (χ4n) is 1.85. The molecule has 0 amide bonds. The first kappa shape index (κ1) is 12.0. The van der Waals surface area contributed by atoms with Crippen LogP contribution in [0.25, 0.3) is 22.0 Å². The average molecular weight is 271 g/mol. The normalized spacial score (nSPS) is 10.8. The molecule has 1 aromatic carbocycles. The van der Waals surface area contributed by atoms with Crippen molar-refractivity contribution in [2.45, 2.75) is 20.3 Å². The van der Waals surface area contributed by atoms with E-state index in [9.17, 15) is 0 Å². The summed E-state index contributed by atoms with van der Waals surface area (Å²) >= 11 is 1.58. The second-order valence-electron chi connectivity index (χ2n) is 4.13. The molecule has 0 fully saturated rings. The van der Waals surface area contributed by atoms with E-state index >= 15 is 0 Å². The van der Waals surface area contributed by atoms with Crippen LogP contribution >= 0.6 is 11.3 Å². The van der Waals surface area contributed by atoms with E-state index in [0.717, 1.165) is 27.6 Å². The van der Waals surface area contributed by atoms with Gasteiger partial charge >= 0.3 is 0 Å². The maximum Gasteiger partial charge on any atom is 0.260 e. The van der Waals surface area contributed by atoms with Crippen molar-refractivity contribution in [3.8, 4) is 22.0 Å². The molecule has 3 aromatic rings. The molecule has 0 aliphatic carbocycles. The summed E-state index contributed by atoms with van der Waals surface area (Å²) in [5.41, 5.74) is 1.98. The van der Waals surface area contributed by atoms with Crippen LogP contribution in [0, 0.1) is 6.92 Å². The molecule has 0 bridgehead atoms. The number of aryl methyl sites for hydroxylation is 2. The van der Waals surface area contributed by atoms with Crippen molar-refractivity contribution in [1.29, 1.82) is 0 Å². The van der Waals surface area contributed by atoms with Crippen molar-refractivity contribution in [2.75, 3.05) is 0 Å². The van der Waals surface area contributed by atoms with Crippen LogP contribution in [-0.4, -0.2) is 15.2 Å². The SMILES string of the molecule is CCc1nnc(-c2sc(C)nc2-c2ccccc2)o1. The van der Waals surface area contributed by atoms with Gasteiger partial charge in [0.2, 0.25) is 5.89 Å².